The van der Waals surface area contributed by atoms with E-state index in [2.05, 4.69) is 10.2 Å². The number of nitrogens with zero attached hydrogens (tertiary/aromatic N) is 4. The Kier molecular flexibility index (Phi) is 4.09. The standard InChI is InChI=1S/C19H20N4O2/c1-14-6-4-7-15(12-14)25-13-18(24)22-11-5-8-16(22)19-21-20-17-9-2-3-10-23(17)19/h2-4,6-7,9-10,12,16H,5,8,11,13H2,1H3. The molecule has 3 aromatic rings. The van der Waals surface area contributed by atoms with Crippen molar-refractivity contribution >= 4 is 11.6 Å². The normalized spacial score (nSPS) is 17.2. The molecule has 1 aliphatic rings. The average Bonchev–Trinajstić information content (AvgIpc) is 3.26. The molecule has 1 aromatic carbocycles. The van der Waals surface area contributed by atoms with Gasteiger partial charge in [0.05, 0.1) is 6.04 Å². The molecule has 1 aliphatic heterocycles. The number of benzene rings is 1. The van der Waals surface area contributed by atoms with Crippen LogP contribution >= 0.6 is 0 Å². The molecule has 2 aromatic heterocycles. The van der Waals surface area contributed by atoms with E-state index in [1.807, 2.05) is 64.9 Å². The molecule has 6 heteroatoms. The summed E-state index contributed by atoms with van der Waals surface area (Å²) in [5, 5.41) is 8.52. The van der Waals surface area contributed by atoms with Crippen LogP contribution in [0.3, 0.4) is 0 Å². The highest BCUT2D eigenvalue weighted by atomic mass is 16.5. The van der Waals surface area contributed by atoms with Crippen LogP contribution in [0.4, 0.5) is 0 Å². The number of likely N-dealkylation sites (tertiary alicyclic amines) is 1. The fraction of sp³-hybridized carbons (Fsp3) is 0.316. The number of fused-ring (bicyclic) bond motifs is 1. The van der Waals surface area contributed by atoms with E-state index in [0.717, 1.165) is 42.2 Å². The van der Waals surface area contributed by atoms with E-state index in [4.69, 9.17) is 4.74 Å². The Morgan fingerprint density at radius 2 is 2.16 bits per heavy atom. The summed E-state index contributed by atoms with van der Waals surface area (Å²) in [6.07, 6.45) is 3.80. The SMILES string of the molecule is Cc1cccc(OCC(=O)N2CCCC2c2nnc3ccccn23)c1. The first kappa shape index (κ1) is 15.6. The van der Waals surface area contributed by atoms with E-state index in [-0.39, 0.29) is 18.6 Å². The van der Waals surface area contributed by atoms with Crippen LogP contribution in [0.15, 0.2) is 48.7 Å². The quantitative estimate of drug-likeness (QED) is 0.735. The second-order valence-corrected chi connectivity index (χ2v) is 6.34. The molecule has 0 saturated carbocycles. The summed E-state index contributed by atoms with van der Waals surface area (Å²) in [5.41, 5.74) is 1.91. The van der Waals surface area contributed by atoms with E-state index in [0.29, 0.717) is 0 Å². The highest BCUT2D eigenvalue weighted by Crippen LogP contribution is 2.31. The van der Waals surface area contributed by atoms with Gasteiger partial charge < -0.3 is 9.64 Å². The smallest absolute Gasteiger partial charge is 0.261 e. The van der Waals surface area contributed by atoms with Crippen LogP contribution in [0.25, 0.3) is 5.65 Å². The Morgan fingerprint density at radius 3 is 3.04 bits per heavy atom. The van der Waals surface area contributed by atoms with Gasteiger partial charge in [-0.1, -0.05) is 18.2 Å². The van der Waals surface area contributed by atoms with Gasteiger partial charge in [-0.2, -0.15) is 0 Å². The van der Waals surface area contributed by atoms with Crippen molar-refractivity contribution in [2.24, 2.45) is 0 Å². The number of rotatable bonds is 4. The van der Waals surface area contributed by atoms with Crippen molar-refractivity contribution in [3.63, 3.8) is 0 Å². The molecular weight excluding hydrogens is 316 g/mol. The Hall–Kier alpha value is -2.89. The summed E-state index contributed by atoms with van der Waals surface area (Å²) in [4.78, 5) is 14.5. The van der Waals surface area contributed by atoms with Crippen molar-refractivity contribution < 1.29 is 9.53 Å². The van der Waals surface area contributed by atoms with Gasteiger partial charge in [0, 0.05) is 12.7 Å². The zero-order valence-electron chi connectivity index (χ0n) is 14.1. The molecule has 6 nitrogen and oxygen atoms in total. The van der Waals surface area contributed by atoms with Gasteiger partial charge in [-0.3, -0.25) is 9.20 Å². The molecule has 25 heavy (non-hydrogen) atoms. The summed E-state index contributed by atoms with van der Waals surface area (Å²) in [6, 6.07) is 13.5. The molecule has 0 aliphatic carbocycles. The number of aromatic nitrogens is 3. The Labute approximate surface area is 146 Å². The third-order valence-electron chi connectivity index (χ3n) is 4.56. The number of amides is 1. The zero-order valence-corrected chi connectivity index (χ0v) is 14.1. The molecule has 0 N–H and O–H groups in total. The lowest BCUT2D eigenvalue weighted by molar-refractivity contribution is -0.134. The highest BCUT2D eigenvalue weighted by molar-refractivity contribution is 5.78. The van der Waals surface area contributed by atoms with E-state index < -0.39 is 0 Å². The van der Waals surface area contributed by atoms with E-state index in [9.17, 15) is 4.79 Å². The number of hydrogen-bond donors (Lipinski definition) is 0. The van der Waals surface area contributed by atoms with Crippen LogP contribution < -0.4 is 4.74 Å². The number of aryl methyl sites for hydroxylation is 1. The average molecular weight is 336 g/mol. The van der Waals surface area contributed by atoms with Crippen molar-refractivity contribution in [1.29, 1.82) is 0 Å². The van der Waals surface area contributed by atoms with Crippen LogP contribution in [-0.4, -0.2) is 38.6 Å². The summed E-state index contributed by atoms with van der Waals surface area (Å²) < 4.78 is 7.64. The summed E-state index contributed by atoms with van der Waals surface area (Å²) in [5.74, 6) is 1.52. The molecule has 4 rings (SSSR count). The number of carbonyl (C=O) groups excluding carboxylic acids is 1. The fourth-order valence-corrected chi connectivity index (χ4v) is 3.35. The van der Waals surface area contributed by atoms with Gasteiger partial charge in [0.25, 0.3) is 5.91 Å². The highest BCUT2D eigenvalue weighted by Gasteiger charge is 2.33. The number of carbonyl (C=O) groups is 1. The first-order valence-corrected chi connectivity index (χ1v) is 8.51. The van der Waals surface area contributed by atoms with Gasteiger partial charge in [0.15, 0.2) is 18.1 Å². The van der Waals surface area contributed by atoms with Gasteiger partial charge in [0.1, 0.15) is 5.75 Å². The predicted molar refractivity (Wildman–Crippen MR) is 93.3 cm³/mol. The number of ether oxygens (including phenoxy) is 1. The minimum atomic E-state index is -0.0500. The lowest BCUT2D eigenvalue weighted by Crippen LogP contribution is -2.35. The maximum Gasteiger partial charge on any atom is 0.261 e. The minimum absolute atomic E-state index is 0.0170. The molecule has 0 bridgehead atoms. The molecule has 0 radical (unpaired) electrons. The third kappa shape index (κ3) is 3.07. The number of pyridine rings is 1. The first-order chi connectivity index (χ1) is 12.2. The van der Waals surface area contributed by atoms with Crippen molar-refractivity contribution in [2.45, 2.75) is 25.8 Å². The lowest BCUT2D eigenvalue weighted by atomic mass is 10.2. The van der Waals surface area contributed by atoms with Gasteiger partial charge in [-0.25, -0.2) is 0 Å². The topological polar surface area (TPSA) is 59.7 Å². The van der Waals surface area contributed by atoms with Crippen LogP contribution in [0.2, 0.25) is 0 Å². The fourth-order valence-electron chi connectivity index (χ4n) is 3.35. The minimum Gasteiger partial charge on any atom is -0.484 e. The molecule has 1 amide bonds. The second-order valence-electron chi connectivity index (χ2n) is 6.34. The number of hydrogen-bond acceptors (Lipinski definition) is 4. The van der Waals surface area contributed by atoms with Crippen molar-refractivity contribution in [2.75, 3.05) is 13.2 Å². The first-order valence-electron chi connectivity index (χ1n) is 8.51. The summed E-state index contributed by atoms with van der Waals surface area (Å²) in [6.45, 7) is 2.76. The van der Waals surface area contributed by atoms with Crippen molar-refractivity contribution in [3.05, 3.63) is 60.0 Å². The van der Waals surface area contributed by atoms with E-state index in [1.165, 1.54) is 0 Å². The maximum atomic E-state index is 12.7. The maximum absolute atomic E-state index is 12.7. The Balaban J connectivity index is 1.50. The molecule has 1 saturated heterocycles. The van der Waals surface area contributed by atoms with Gasteiger partial charge in [-0.15, -0.1) is 10.2 Å². The van der Waals surface area contributed by atoms with Crippen LogP contribution in [-0.2, 0) is 4.79 Å². The Bertz CT molecular complexity index is 905. The molecule has 1 atom stereocenters. The molecular formula is C19H20N4O2. The Morgan fingerprint density at radius 1 is 1.24 bits per heavy atom. The van der Waals surface area contributed by atoms with Crippen LogP contribution in [0.1, 0.15) is 30.3 Å². The van der Waals surface area contributed by atoms with E-state index in [1.54, 1.807) is 0 Å². The van der Waals surface area contributed by atoms with Gasteiger partial charge in [-0.05, 0) is 49.6 Å². The van der Waals surface area contributed by atoms with Gasteiger partial charge in [0.2, 0.25) is 0 Å². The van der Waals surface area contributed by atoms with Crippen LogP contribution in [0, 0.1) is 6.92 Å². The predicted octanol–water partition coefficient (Wildman–Crippen LogP) is 2.78. The van der Waals surface area contributed by atoms with Crippen molar-refractivity contribution in [3.8, 4) is 5.75 Å². The van der Waals surface area contributed by atoms with Crippen molar-refractivity contribution in [1.82, 2.24) is 19.5 Å². The third-order valence-corrected chi connectivity index (χ3v) is 4.56. The summed E-state index contributed by atoms with van der Waals surface area (Å²) >= 11 is 0. The van der Waals surface area contributed by atoms with Crippen LogP contribution in [0.5, 0.6) is 5.75 Å². The zero-order chi connectivity index (χ0) is 17.2. The van der Waals surface area contributed by atoms with Gasteiger partial charge >= 0.3 is 0 Å². The monoisotopic (exact) mass is 336 g/mol. The lowest BCUT2D eigenvalue weighted by Gasteiger charge is -2.23. The molecule has 1 fully saturated rings. The molecule has 3 heterocycles. The van der Waals surface area contributed by atoms with E-state index >= 15 is 0 Å². The molecule has 0 spiro atoms. The second kappa shape index (κ2) is 6.55. The largest absolute Gasteiger partial charge is 0.484 e. The molecule has 128 valence electrons. The summed E-state index contributed by atoms with van der Waals surface area (Å²) in [7, 11) is 0. The molecule has 1 unspecified atom stereocenters.